The Kier molecular flexibility index (Phi) is 11.2. The minimum absolute atomic E-state index is 0.0826. The van der Waals surface area contributed by atoms with Crippen molar-refractivity contribution in [1.29, 1.82) is 0 Å². The van der Waals surface area contributed by atoms with E-state index in [0.717, 1.165) is 6.42 Å². The molecule has 0 amide bonds. The van der Waals surface area contributed by atoms with Crippen molar-refractivity contribution in [3.8, 4) is 77.9 Å². The summed E-state index contributed by atoms with van der Waals surface area (Å²) in [6.45, 7) is 28.6. The van der Waals surface area contributed by atoms with Crippen LogP contribution in [0.15, 0.2) is 218 Å². The summed E-state index contributed by atoms with van der Waals surface area (Å²) >= 11 is 0. The highest BCUT2D eigenvalue weighted by Gasteiger charge is 2.35. The van der Waals surface area contributed by atoms with Crippen molar-refractivity contribution < 1.29 is 0 Å². The minimum atomic E-state index is -0.0826. The number of allylic oxidation sites excluding steroid dienone is 1. The Labute approximate surface area is 550 Å². The Balaban J connectivity index is 1.07. The van der Waals surface area contributed by atoms with E-state index in [2.05, 4.69) is 308 Å². The molecule has 5 aliphatic carbocycles. The zero-order valence-electron chi connectivity index (χ0n) is 56.1. The van der Waals surface area contributed by atoms with Gasteiger partial charge in [-0.1, -0.05) is 295 Å². The number of rotatable bonds is 4. The molecule has 0 spiro atoms. The molecule has 14 aromatic rings. The maximum Gasteiger partial charge on any atom is 0.0142 e. The first-order valence-corrected chi connectivity index (χ1v) is 34.3. The molecule has 0 N–H and O–H groups in total. The van der Waals surface area contributed by atoms with Gasteiger partial charge in [0.25, 0.3) is 0 Å². The Morgan fingerprint density at radius 3 is 1.19 bits per heavy atom. The van der Waals surface area contributed by atoms with Gasteiger partial charge in [0.05, 0.1) is 0 Å². The summed E-state index contributed by atoms with van der Waals surface area (Å²) in [5.74, 6) is 0.313. The van der Waals surface area contributed by atoms with Gasteiger partial charge >= 0.3 is 0 Å². The van der Waals surface area contributed by atoms with Crippen LogP contribution >= 0.6 is 0 Å². The van der Waals surface area contributed by atoms with Gasteiger partial charge in [-0.15, -0.1) is 0 Å². The van der Waals surface area contributed by atoms with Crippen LogP contribution in [0, 0.1) is 41.7 Å². The topological polar surface area (TPSA) is 0 Å². The highest BCUT2D eigenvalue weighted by molar-refractivity contribution is 6.22. The first kappa shape index (κ1) is 55.7. The molecule has 0 saturated carbocycles. The largest absolute Gasteiger partial charge is 0.0830 e. The minimum Gasteiger partial charge on any atom is -0.0830 e. The molecule has 452 valence electrons. The van der Waals surface area contributed by atoms with Crippen LogP contribution in [-0.4, -0.2) is 0 Å². The molecule has 1 atom stereocenters. The third-order valence-corrected chi connectivity index (χ3v) is 22.5. The van der Waals surface area contributed by atoms with Crippen molar-refractivity contribution in [3.63, 3.8) is 0 Å². The molecular formula is C94H76. The Morgan fingerprint density at radius 2 is 0.681 bits per heavy atom. The molecule has 0 heteroatoms. The summed E-state index contributed by atoms with van der Waals surface area (Å²) in [7, 11) is 0. The van der Waals surface area contributed by atoms with Gasteiger partial charge in [0.1, 0.15) is 0 Å². The predicted octanol–water partition coefficient (Wildman–Crippen LogP) is 25.3. The molecule has 5 aliphatic rings. The van der Waals surface area contributed by atoms with Crippen LogP contribution in [0.3, 0.4) is 0 Å². The standard InChI is InChI=1S/C94H76/c1-91(2,3)55-43-53(44-56(49-55)92(4,5)6)79-65-29-19-20-30-66(65)80(54-45-57(93(7,8)9)50-58(46-54)94(10,11)12)88-74-40-42-76-86-75(41-39-73(85(74)86)87(79)88)89-83(71-37-35-69-61-27-17-15-25-59(61)63-31-21-33-67(71)81(63)69)77-47-51-23-13-14-24-52(51)48-78(77)84(90(76)89)72-38-36-70-62-28-18-16-26-60(62)64-32-22-34-68(72)82(64)70/h13-31,33-50,64H,32H2,1-12H3. The molecule has 94 heavy (non-hydrogen) atoms. The van der Waals surface area contributed by atoms with E-state index < -0.39 is 0 Å². The summed E-state index contributed by atoms with van der Waals surface area (Å²) in [5.41, 5.74) is 27.9. The quantitative estimate of drug-likeness (QED) is 0.154. The second-order valence-corrected chi connectivity index (χ2v) is 32.2. The van der Waals surface area contributed by atoms with E-state index in [1.54, 1.807) is 0 Å². The van der Waals surface area contributed by atoms with E-state index in [1.807, 2.05) is 0 Å². The normalized spacial score (nSPS) is 14.6. The van der Waals surface area contributed by atoms with Gasteiger partial charge in [-0.05, 0) is 253 Å². The van der Waals surface area contributed by atoms with Crippen LogP contribution in [0.1, 0.15) is 134 Å². The van der Waals surface area contributed by atoms with Crippen molar-refractivity contribution in [2.75, 3.05) is 0 Å². The maximum absolute atomic E-state index is 2.58. The van der Waals surface area contributed by atoms with E-state index in [4.69, 9.17) is 0 Å². The molecule has 0 aromatic heterocycles. The second kappa shape index (κ2) is 18.9. The molecule has 0 nitrogen and oxygen atoms in total. The second-order valence-electron chi connectivity index (χ2n) is 32.2. The molecule has 1 unspecified atom stereocenters. The fraction of sp³-hybridized carbons (Fsp3) is 0.191. The van der Waals surface area contributed by atoms with Crippen molar-refractivity contribution in [2.24, 2.45) is 0 Å². The van der Waals surface area contributed by atoms with Gasteiger partial charge in [-0.3, -0.25) is 0 Å². The fourth-order valence-electron chi connectivity index (χ4n) is 17.9. The molecule has 0 heterocycles. The van der Waals surface area contributed by atoms with Gasteiger partial charge in [0.2, 0.25) is 0 Å². The summed E-state index contributed by atoms with van der Waals surface area (Å²) in [4.78, 5) is 0. The van der Waals surface area contributed by atoms with Crippen molar-refractivity contribution >= 4 is 59.9 Å². The number of hydrogen-bond donors (Lipinski definition) is 0. The Morgan fingerprint density at radius 1 is 0.287 bits per heavy atom. The highest BCUT2D eigenvalue weighted by Crippen LogP contribution is 2.56. The third-order valence-electron chi connectivity index (χ3n) is 22.5. The number of benzene rings is 14. The molecule has 14 aromatic carbocycles. The molecular weight excluding hydrogens is 1130 g/mol. The third kappa shape index (κ3) is 7.63. The van der Waals surface area contributed by atoms with Gasteiger partial charge in [0, 0.05) is 5.92 Å². The van der Waals surface area contributed by atoms with Crippen LogP contribution in [0.4, 0.5) is 0 Å². The summed E-state index contributed by atoms with van der Waals surface area (Å²) < 4.78 is 0. The first-order valence-electron chi connectivity index (χ1n) is 34.3. The van der Waals surface area contributed by atoms with Crippen molar-refractivity contribution in [3.05, 3.63) is 299 Å². The number of fused-ring (bicyclic) bond motifs is 11. The van der Waals surface area contributed by atoms with Gasteiger partial charge < -0.3 is 0 Å². The molecule has 0 bridgehead atoms. The summed E-state index contributed by atoms with van der Waals surface area (Å²) in [6, 6.07) is 84.4. The van der Waals surface area contributed by atoms with E-state index in [-0.39, 0.29) is 21.7 Å². The van der Waals surface area contributed by atoms with Gasteiger partial charge in [-0.2, -0.15) is 0 Å². The smallest absolute Gasteiger partial charge is 0.0142 e. The van der Waals surface area contributed by atoms with Gasteiger partial charge in [0.15, 0.2) is 0 Å². The van der Waals surface area contributed by atoms with Crippen LogP contribution in [0.5, 0.6) is 0 Å². The van der Waals surface area contributed by atoms with Crippen LogP contribution in [0.2, 0.25) is 0 Å². The van der Waals surface area contributed by atoms with E-state index >= 15 is 0 Å². The molecule has 0 fully saturated rings. The maximum atomic E-state index is 2.58. The summed E-state index contributed by atoms with van der Waals surface area (Å²) in [6.07, 6.45) is 5.96. The molecule has 0 saturated heterocycles. The highest BCUT2D eigenvalue weighted by atomic mass is 14.4. The molecule has 19 rings (SSSR count). The lowest BCUT2D eigenvalue weighted by molar-refractivity contribution is 0.568. The van der Waals surface area contributed by atoms with Crippen molar-refractivity contribution in [2.45, 2.75) is 117 Å². The van der Waals surface area contributed by atoms with Crippen molar-refractivity contribution in [1.82, 2.24) is 0 Å². The lowest BCUT2D eigenvalue weighted by atomic mass is 9.77. The molecule has 0 radical (unpaired) electrons. The van der Waals surface area contributed by atoms with Crippen LogP contribution in [-0.2, 0) is 21.7 Å². The predicted molar refractivity (Wildman–Crippen MR) is 399 cm³/mol. The zero-order valence-corrected chi connectivity index (χ0v) is 56.1. The lowest BCUT2D eigenvalue weighted by Crippen LogP contribution is -2.17. The van der Waals surface area contributed by atoms with Crippen LogP contribution < -0.4 is 0 Å². The Bertz CT molecular complexity index is 6100. The molecule has 0 aliphatic heterocycles. The SMILES string of the molecule is CC(C)(C)c1cc(-c2c3c(c(-c4cc(C(C)(C)C)cc(C(C)(C)C)c4)c4ccccc24)=c2ccc4c5c(ccc=3c25)=c2c(-c3ccc5c6c3C=CCC6c3ccccc3-5)c3cc5ccccc5cc3c(-c3ccc5c6c(cccc36)-c3ccccc3-5)c2=4)cc(C(C)(C)C)c1. The summed E-state index contributed by atoms with van der Waals surface area (Å²) in [5, 5.41) is 23.7. The first-order chi connectivity index (χ1) is 45.2. The number of hydrogen-bond acceptors (Lipinski definition) is 0. The van der Waals surface area contributed by atoms with Gasteiger partial charge in [-0.25, -0.2) is 0 Å². The van der Waals surface area contributed by atoms with E-state index in [0.29, 0.717) is 5.92 Å². The zero-order chi connectivity index (χ0) is 64.0. The Hall–Kier alpha value is -9.88. The average Bonchev–Trinajstić information content (AvgIpc) is 1.51. The van der Waals surface area contributed by atoms with E-state index in [1.165, 1.54) is 212 Å². The van der Waals surface area contributed by atoms with E-state index in [9.17, 15) is 0 Å². The lowest BCUT2D eigenvalue weighted by Gasteiger charge is -2.28. The average molecular weight is 1210 g/mol. The van der Waals surface area contributed by atoms with Crippen LogP contribution in [0.25, 0.3) is 138 Å². The fourth-order valence-corrected chi connectivity index (χ4v) is 17.9. The monoisotopic (exact) mass is 1200 g/mol.